The van der Waals surface area contributed by atoms with Gasteiger partial charge in [0.05, 0.1) is 23.3 Å². The van der Waals surface area contributed by atoms with E-state index in [-0.39, 0.29) is 35.9 Å². The fraction of sp³-hybridized carbons (Fsp3) is 0.500. The minimum atomic E-state index is -4.60. The van der Waals surface area contributed by atoms with E-state index in [4.69, 9.17) is 11.6 Å². The van der Waals surface area contributed by atoms with Crippen molar-refractivity contribution >= 4 is 17.5 Å². The molecule has 0 spiro atoms. The van der Waals surface area contributed by atoms with E-state index in [1.165, 1.54) is 4.68 Å². The summed E-state index contributed by atoms with van der Waals surface area (Å²) in [5.74, 6) is -0.232. The number of rotatable bonds is 7. The van der Waals surface area contributed by atoms with Crippen molar-refractivity contribution in [2.75, 3.05) is 0 Å². The lowest BCUT2D eigenvalue weighted by Gasteiger charge is -2.18. The Morgan fingerprint density at radius 2 is 1.96 bits per heavy atom. The molecule has 0 bridgehead atoms. The molecule has 0 saturated heterocycles. The molecule has 0 aliphatic heterocycles. The van der Waals surface area contributed by atoms with Crippen molar-refractivity contribution in [3.8, 4) is 0 Å². The van der Waals surface area contributed by atoms with E-state index in [1.807, 2.05) is 38.1 Å². The van der Waals surface area contributed by atoms with Crippen molar-refractivity contribution in [3.05, 3.63) is 51.8 Å². The quantitative estimate of drug-likeness (QED) is 0.660. The summed E-state index contributed by atoms with van der Waals surface area (Å²) in [6.07, 6.45) is -2.27. The minimum Gasteiger partial charge on any atom is -0.349 e. The fourth-order valence-corrected chi connectivity index (χ4v) is 3.64. The smallest absolute Gasteiger partial charge is 0.349 e. The van der Waals surface area contributed by atoms with Gasteiger partial charge in [0.2, 0.25) is 5.91 Å². The van der Waals surface area contributed by atoms with Gasteiger partial charge in [-0.25, -0.2) is 0 Å². The first kappa shape index (κ1) is 20.7. The normalized spacial score (nSPS) is 15.5. The monoisotopic (exact) mass is 413 g/mol. The van der Waals surface area contributed by atoms with Crippen molar-refractivity contribution in [3.63, 3.8) is 0 Å². The number of amides is 1. The summed E-state index contributed by atoms with van der Waals surface area (Å²) >= 11 is 5.96. The van der Waals surface area contributed by atoms with Crippen LogP contribution in [0.5, 0.6) is 0 Å². The van der Waals surface area contributed by atoms with Crippen LogP contribution in [0, 0.1) is 6.92 Å². The zero-order chi connectivity index (χ0) is 20.5. The molecular formula is C20H23ClF3N3O. The Morgan fingerprint density at radius 1 is 1.32 bits per heavy atom. The number of hydrogen-bond donors (Lipinski definition) is 1. The second-order valence-corrected chi connectivity index (χ2v) is 7.61. The van der Waals surface area contributed by atoms with E-state index in [0.29, 0.717) is 12.1 Å². The number of carbonyl (C=O) groups excluding carboxylic acids is 1. The predicted molar refractivity (Wildman–Crippen MR) is 101 cm³/mol. The van der Waals surface area contributed by atoms with Gasteiger partial charge in [0.25, 0.3) is 0 Å². The molecule has 1 fully saturated rings. The van der Waals surface area contributed by atoms with Gasteiger partial charge in [-0.2, -0.15) is 18.3 Å². The predicted octanol–water partition coefficient (Wildman–Crippen LogP) is 5.40. The average Bonchev–Trinajstić information content (AvgIpc) is 3.40. The summed E-state index contributed by atoms with van der Waals surface area (Å²) in [5, 5.41) is 6.28. The maximum Gasteiger partial charge on any atom is 0.436 e. The van der Waals surface area contributed by atoms with E-state index < -0.39 is 11.9 Å². The molecule has 1 N–H and O–H groups in total. The first-order valence-corrected chi connectivity index (χ1v) is 9.77. The summed E-state index contributed by atoms with van der Waals surface area (Å²) in [6.45, 7) is 4.03. The molecule has 4 nitrogen and oxygen atoms in total. The first-order valence-electron chi connectivity index (χ1n) is 9.40. The Balaban J connectivity index is 1.68. The Kier molecular flexibility index (Phi) is 6.03. The van der Waals surface area contributed by atoms with Gasteiger partial charge in [0, 0.05) is 12.3 Å². The van der Waals surface area contributed by atoms with E-state index in [0.717, 1.165) is 24.0 Å². The van der Waals surface area contributed by atoms with Crippen LogP contribution in [0.2, 0.25) is 5.02 Å². The number of carbonyl (C=O) groups is 1. The molecular weight excluding hydrogens is 391 g/mol. The molecule has 8 heteroatoms. The molecule has 2 aromatic rings. The Bertz CT molecular complexity index is 842. The minimum absolute atomic E-state index is 0.00453. The third-order valence-electron chi connectivity index (χ3n) is 4.94. The third-order valence-corrected chi connectivity index (χ3v) is 5.31. The maximum absolute atomic E-state index is 13.1. The fourth-order valence-electron chi connectivity index (χ4n) is 3.25. The van der Waals surface area contributed by atoms with Crippen LogP contribution in [0.25, 0.3) is 0 Å². The number of halogens is 4. The van der Waals surface area contributed by atoms with Gasteiger partial charge in [0.1, 0.15) is 0 Å². The molecule has 1 aromatic carbocycles. The van der Waals surface area contributed by atoms with Gasteiger partial charge < -0.3 is 5.32 Å². The number of benzene rings is 1. The molecule has 1 aromatic heterocycles. The molecule has 0 radical (unpaired) electrons. The lowest BCUT2D eigenvalue weighted by atomic mass is 10.0. The van der Waals surface area contributed by atoms with Crippen molar-refractivity contribution in [2.45, 2.75) is 64.2 Å². The molecule has 1 aliphatic carbocycles. The largest absolute Gasteiger partial charge is 0.436 e. The second kappa shape index (κ2) is 8.15. The number of alkyl halides is 3. The van der Waals surface area contributed by atoms with Crippen LogP contribution in [0.4, 0.5) is 13.2 Å². The Morgan fingerprint density at radius 3 is 2.50 bits per heavy atom. The van der Waals surface area contributed by atoms with Gasteiger partial charge in [-0.1, -0.05) is 48.4 Å². The SMILES string of the molecule is CCC(NC(=O)CCn1nc(C(F)(F)F)c(Cl)c1C1CC1)c1ccc(C)cc1. The molecule has 1 unspecified atom stereocenters. The summed E-state index contributed by atoms with van der Waals surface area (Å²) < 4.78 is 40.6. The Labute approximate surface area is 167 Å². The number of hydrogen-bond acceptors (Lipinski definition) is 2. The molecule has 28 heavy (non-hydrogen) atoms. The van der Waals surface area contributed by atoms with Crippen LogP contribution in [0.15, 0.2) is 24.3 Å². The van der Waals surface area contributed by atoms with Crippen molar-refractivity contribution in [2.24, 2.45) is 0 Å². The van der Waals surface area contributed by atoms with Crippen LogP contribution in [0.1, 0.15) is 67.1 Å². The lowest BCUT2D eigenvalue weighted by Crippen LogP contribution is -2.29. The summed E-state index contributed by atoms with van der Waals surface area (Å²) in [4.78, 5) is 12.4. The molecule has 152 valence electrons. The number of aryl methyl sites for hydroxylation is 2. The maximum atomic E-state index is 13.1. The van der Waals surface area contributed by atoms with Crippen LogP contribution in [-0.2, 0) is 17.5 Å². The molecule has 1 heterocycles. The van der Waals surface area contributed by atoms with Crippen LogP contribution < -0.4 is 5.32 Å². The Hall–Kier alpha value is -2.02. The topological polar surface area (TPSA) is 46.9 Å². The highest BCUT2D eigenvalue weighted by molar-refractivity contribution is 6.32. The highest BCUT2D eigenvalue weighted by Crippen LogP contribution is 2.46. The van der Waals surface area contributed by atoms with Gasteiger partial charge in [-0.3, -0.25) is 9.48 Å². The molecule has 1 aliphatic rings. The van der Waals surface area contributed by atoms with Crippen LogP contribution >= 0.6 is 11.6 Å². The zero-order valence-electron chi connectivity index (χ0n) is 15.8. The van der Waals surface area contributed by atoms with Gasteiger partial charge in [0.15, 0.2) is 5.69 Å². The summed E-state index contributed by atoms with van der Waals surface area (Å²) in [7, 11) is 0. The van der Waals surface area contributed by atoms with Gasteiger partial charge >= 0.3 is 6.18 Å². The van der Waals surface area contributed by atoms with Crippen molar-refractivity contribution in [1.82, 2.24) is 15.1 Å². The van der Waals surface area contributed by atoms with Crippen LogP contribution in [-0.4, -0.2) is 15.7 Å². The summed E-state index contributed by atoms with van der Waals surface area (Å²) in [5.41, 5.74) is 1.46. The average molecular weight is 414 g/mol. The highest BCUT2D eigenvalue weighted by atomic mass is 35.5. The molecule has 3 rings (SSSR count). The molecule has 1 atom stereocenters. The van der Waals surface area contributed by atoms with Gasteiger partial charge in [-0.05, 0) is 31.7 Å². The second-order valence-electron chi connectivity index (χ2n) is 7.23. The van der Waals surface area contributed by atoms with E-state index >= 15 is 0 Å². The van der Waals surface area contributed by atoms with Gasteiger partial charge in [-0.15, -0.1) is 0 Å². The first-order chi connectivity index (χ1) is 13.2. The third kappa shape index (κ3) is 4.69. The van der Waals surface area contributed by atoms with Crippen LogP contribution in [0.3, 0.4) is 0 Å². The number of nitrogens with zero attached hydrogens (tertiary/aromatic N) is 2. The molecule has 1 saturated carbocycles. The van der Waals surface area contributed by atoms with E-state index in [1.54, 1.807) is 0 Å². The van der Waals surface area contributed by atoms with E-state index in [2.05, 4.69) is 10.4 Å². The lowest BCUT2D eigenvalue weighted by molar-refractivity contribution is -0.141. The standard InChI is InChI=1S/C20H23ClF3N3O/c1-3-15(13-6-4-12(2)5-7-13)25-16(28)10-11-27-18(14-8-9-14)17(21)19(26-27)20(22,23)24/h4-7,14-15H,3,8-11H2,1-2H3,(H,25,28). The van der Waals surface area contributed by atoms with E-state index in [9.17, 15) is 18.0 Å². The van der Waals surface area contributed by atoms with Crippen molar-refractivity contribution < 1.29 is 18.0 Å². The highest BCUT2D eigenvalue weighted by Gasteiger charge is 2.42. The summed E-state index contributed by atoms with van der Waals surface area (Å²) in [6, 6.07) is 7.77. The number of aromatic nitrogens is 2. The molecule has 1 amide bonds. The van der Waals surface area contributed by atoms with Crippen molar-refractivity contribution in [1.29, 1.82) is 0 Å². The number of nitrogens with one attached hydrogen (secondary N) is 1. The zero-order valence-corrected chi connectivity index (χ0v) is 16.6.